The molecule has 2 aromatic carbocycles. The van der Waals surface area contributed by atoms with Gasteiger partial charge in [-0.1, -0.05) is 22.0 Å². The Morgan fingerprint density at radius 3 is 2.83 bits per heavy atom. The molecule has 0 saturated carbocycles. The summed E-state index contributed by atoms with van der Waals surface area (Å²) in [7, 11) is 2.05. The summed E-state index contributed by atoms with van der Waals surface area (Å²) in [5, 5.41) is 0. The summed E-state index contributed by atoms with van der Waals surface area (Å²) in [6.45, 7) is 1.03. The maximum Gasteiger partial charge on any atom is 0.167 e. The Balaban J connectivity index is 1.58. The number of nitrogens with zero attached hydrogens (tertiary/aromatic N) is 1. The van der Waals surface area contributed by atoms with Crippen LogP contribution in [0, 0.1) is 11.6 Å². The summed E-state index contributed by atoms with van der Waals surface area (Å²) < 4.78 is 32.9. The first-order chi connectivity index (χ1) is 11.0. The van der Waals surface area contributed by atoms with Crippen molar-refractivity contribution in [2.24, 2.45) is 0 Å². The Bertz CT molecular complexity index is 707. The van der Waals surface area contributed by atoms with Gasteiger partial charge in [0.2, 0.25) is 0 Å². The minimum atomic E-state index is -0.664. The number of halogens is 3. The van der Waals surface area contributed by atoms with Gasteiger partial charge in [-0.25, -0.2) is 8.78 Å². The number of fused-ring (bicyclic) bond motifs is 1. The van der Waals surface area contributed by atoms with E-state index in [9.17, 15) is 8.78 Å². The van der Waals surface area contributed by atoms with E-state index in [2.05, 4.69) is 39.0 Å². The van der Waals surface area contributed by atoms with Gasteiger partial charge in [-0.3, -0.25) is 4.90 Å². The van der Waals surface area contributed by atoms with Crippen LogP contribution in [0.3, 0.4) is 0 Å². The van der Waals surface area contributed by atoms with Gasteiger partial charge in [0.15, 0.2) is 11.6 Å². The highest BCUT2D eigenvalue weighted by molar-refractivity contribution is 9.10. The van der Waals surface area contributed by atoms with Gasteiger partial charge in [0.05, 0.1) is 0 Å². The third-order valence-electron chi connectivity index (χ3n) is 4.28. The molecule has 0 N–H and O–H groups in total. The number of rotatable bonds is 5. The van der Waals surface area contributed by atoms with Crippen molar-refractivity contribution in [3.05, 3.63) is 63.6 Å². The third kappa shape index (κ3) is 3.72. The average Bonchev–Trinajstić information content (AvgIpc) is 2.92. The molecule has 3 rings (SSSR count). The van der Waals surface area contributed by atoms with Crippen molar-refractivity contribution in [3.63, 3.8) is 0 Å². The van der Waals surface area contributed by atoms with E-state index < -0.39 is 11.6 Å². The lowest BCUT2D eigenvalue weighted by Gasteiger charge is -2.25. The molecule has 1 aliphatic carbocycles. The fourth-order valence-corrected chi connectivity index (χ4v) is 3.44. The Kier molecular flexibility index (Phi) is 4.97. The van der Waals surface area contributed by atoms with Gasteiger partial charge < -0.3 is 4.74 Å². The molecule has 0 heterocycles. The van der Waals surface area contributed by atoms with Crippen LogP contribution < -0.4 is 4.74 Å². The number of benzene rings is 2. The van der Waals surface area contributed by atoms with Crippen LogP contribution in [0.2, 0.25) is 0 Å². The molecule has 0 amide bonds. The second-order valence-electron chi connectivity index (χ2n) is 5.80. The number of aryl methyl sites for hydroxylation is 1. The highest BCUT2D eigenvalue weighted by atomic mass is 79.9. The maximum atomic E-state index is 13.5. The molecule has 0 aromatic heterocycles. The Morgan fingerprint density at radius 2 is 2.04 bits per heavy atom. The minimum absolute atomic E-state index is 0.0920. The lowest BCUT2D eigenvalue weighted by atomic mass is 10.1. The molecule has 0 spiro atoms. The van der Waals surface area contributed by atoms with Crippen LogP contribution in [-0.2, 0) is 6.42 Å². The second-order valence-corrected chi connectivity index (χ2v) is 6.72. The van der Waals surface area contributed by atoms with Gasteiger partial charge in [-0.2, -0.15) is 0 Å². The highest BCUT2D eigenvalue weighted by Gasteiger charge is 2.25. The summed E-state index contributed by atoms with van der Waals surface area (Å²) in [5.74, 6) is -1.17. The van der Waals surface area contributed by atoms with Crippen molar-refractivity contribution in [2.75, 3.05) is 20.2 Å². The number of ether oxygens (including phenoxy) is 1. The summed E-state index contributed by atoms with van der Waals surface area (Å²) in [6, 6.07) is 10.1. The van der Waals surface area contributed by atoms with Gasteiger partial charge in [0.25, 0.3) is 0 Å². The summed E-state index contributed by atoms with van der Waals surface area (Å²) in [4.78, 5) is 2.22. The first kappa shape index (κ1) is 16.4. The largest absolute Gasteiger partial charge is 0.489 e. The molecule has 0 fully saturated rings. The minimum Gasteiger partial charge on any atom is -0.489 e. The van der Waals surface area contributed by atoms with E-state index in [1.807, 2.05) is 7.05 Å². The predicted octanol–water partition coefficient (Wildman–Crippen LogP) is 4.73. The topological polar surface area (TPSA) is 12.5 Å². The van der Waals surface area contributed by atoms with Gasteiger partial charge in [0.1, 0.15) is 12.4 Å². The molecule has 0 radical (unpaired) electrons. The smallest absolute Gasteiger partial charge is 0.167 e. The molecule has 0 aliphatic heterocycles. The molecule has 0 saturated heterocycles. The van der Waals surface area contributed by atoms with Crippen molar-refractivity contribution in [1.82, 2.24) is 4.90 Å². The molecular weight excluding hydrogens is 364 g/mol. The molecular formula is C18H18BrF2NO. The maximum absolute atomic E-state index is 13.5. The van der Waals surface area contributed by atoms with E-state index in [4.69, 9.17) is 4.74 Å². The highest BCUT2D eigenvalue weighted by Crippen LogP contribution is 2.36. The van der Waals surface area contributed by atoms with E-state index in [0.717, 1.165) is 23.4 Å². The molecule has 23 heavy (non-hydrogen) atoms. The predicted molar refractivity (Wildman–Crippen MR) is 89.7 cm³/mol. The monoisotopic (exact) mass is 381 g/mol. The first-order valence-corrected chi connectivity index (χ1v) is 8.40. The molecule has 1 aliphatic rings. The standard InChI is InChI=1S/C18H18BrF2NO/c1-22(8-9-23-18-7-5-14(20)11-16(18)21)17-6-3-12-2-4-13(19)10-15(12)17/h2,4-5,7,10-11,17H,3,6,8-9H2,1H3. The summed E-state index contributed by atoms with van der Waals surface area (Å²) in [5.41, 5.74) is 2.73. The van der Waals surface area contributed by atoms with Crippen LogP contribution in [0.1, 0.15) is 23.6 Å². The van der Waals surface area contributed by atoms with E-state index in [1.165, 1.54) is 23.3 Å². The van der Waals surface area contributed by atoms with Crippen molar-refractivity contribution in [1.29, 1.82) is 0 Å². The van der Waals surface area contributed by atoms with Crippen LogP contribution in [0.25, 0.3) is 0 Å². The van der Waals surface area contributed by atoms with Crippen LogP contribution in [0.15, 0.2) is 40.9 Å². The van der Waals surface area contributed by atoms with E-state index >= 15 is 0 Å². The fraction of sp³-hybridized carbons (Fsp3) is 0.333. The van der Waals surface area contributed by atoms with Gasteiger partial charge >= 0.3 is 0 Å². The zero-order chi connectivity index (χ0) is 16.4. The summed E-state index contributed by atoms with van der Waals surface area (Å²) in [6.07, 6.45) is 2.15. The average molecular weight is 382 g/mol. The zero-order valence-corrected chi connectivity index (χ0v) is 14.4. The van der Waals surface area contributed by atoms with E-state index in [0.29, 0.717) is 19.2 Å². The van der Waals surface area contributed by atoms with E-state index in [-0.39, 0.29) is 5.75 Å². The third-order valence-corrected chi connectivity index (χ3v) is 4.77. The van der Waals surface area contributed by atoms with Crippen LogP contribution in [0.5, 0.6) is 5.75 Å². The summed E-state index contributed by atoms with van der Waals surface area (Å²) >= 11 is 3.52. The Morgan fingerprint density at radius 1 is 1.22 bits per heavy atom. The zero-order valence-electron chi connectivity index (χ0n) is 12.9. The molecule has 0 bridgehead atoms. The SMILES string of the molecule is CN(CCOc1ccc(F)cc1F)C1CCc2ccc(Br)cc21. The van der Waals surface area contributed by atoms with Gasteiger partial charge in [-0.05, 0) is 55.3 Å². The van der Waals surface area contributed by atoms with Crippen molar-refractivity contribution < 1.29 is 13.5 Å². The normalized spacial score (nSPS) is 16.7. The number of hydrogen-bond acceptors (Lipinski definition) is 2. The van der Waals surface area contributed by atoms with Gasteiger partial charge in [0, 0.05) is 23.1 Å². The molecule has 5 heteroatoms. The van der Waals surface area contributed by atoms with Crippen LogP contribution >= 0.6 is 15.9 Å². The molecule has 1 atom stereocenters. The molecule has 122 valence electrons. The van der Waals surface area contributed by atoms with Crippen LogP contribution in [-0.4, -0.2) is 25.1 Å². The van der Waals surface area contributed by atoms with Crippen LogP contribution in [0.4, 0.5) is 8.78 Å². The van der Waals surface area contributed by atoms with E-state index in [1.54, 1.807) is 0 Å². The molecule has 1 unspecified atom stereocenters. The van der Waals surface area contributed by atoms with Crippen molar-refractivity contribution in [2.45, 2.75) is 18.9 Å². The first-order valence-electron chi connectivity index (χ1n) is 7.61. The van der Waals surface area contributed by atoms with Gasteiger partial charge in [-0.15, -0.1) is 0 Å². The molecule has 2 nitrogen and oxygen atoms in total. The van der Waals surface area contributed by atoms with Crippen molar-refractivity contribution in [3.8, 4) is 5.75 Å². The number of likely N-dealkylation sites (N-methyl/N-ethyl adjacent to an activating group) is 1. The number of hydrogen-bond donors (Lipinski definition) is 0. The lowest BCUT2D eigenvalue weighted by Crippen LogP contribution is -2.27. The Hall–Kier alpha value is -1.46. The second kappa shape index (κ2) is 6.97. The Labute approximate surface area is 143 Å². The fourth-order valence-electron chi connectivity index (χ4n) is 3.06. The van der Waals surface area contributed by atoms with Crippen molar-refractivity contribution >= 4 is 15.9 Å². The quantitative estimate of drug-likeness (QED) is 0.742. The molecule has 2 aromatic rings. The lowest BCUT2D eigenvalue weighted by molar-refractivity contribution is 0.188.